The van der Waals surface area contributed by atoms with Crippen molar-refractivity contribution in [3.8, 4) is 0 Å². The van der Waals surface area contributed by atoms with Gasteiger partial charge in [-0.25, -0.2) is 0 Å². The van der Waals surface area contributed by atoms with Crippen molar-refractivity contribution in [1.29, 1.82) is 0 Å². The number of rotatable bonds is 6. The summed E-state index contributed by atoms with van der Waals surface area (Å²) in [6.45, 7) is 10.0. The number of aryl methyl sites for hydroxylation is 3. The Morgan fingerprint density at radius 3 is 2.48 bits per heavy atom. The lowest BCUT2D eigenvalue weighted by Crippen LogP contribution is -2.20. The summed E-state index contributed by atoms with van der Waals surface area (Å²) in [6.07, 6.45) is 0.867. The molecule has 0 aliphatic heterocycles. The first kappa shape index (κ1) is 16.1. The summed E-state index contributed by atoms with van der Waals surface area (Å²) in [7, 11) is 0. The smallest absolute Gasteiger partial charge is 0.0863 e. The molecule has 0 radical (unpaired) electrons. The third kappa shape index (κ3) is 3.66. The Kier molecular flexibility index (Phi) is 5.43. The van der Waals surface area contributed by atoms with E-state index in [0.717, 1.165) is 35.9 Å². The molecule has 0 unspecified atom stereocenters. The maximum absolute atomic E-state index is 6.44. The topological polar surface area (TPSA) is 29.9 Å². The Morgan fingerprint density at radius 2 is 1.90 bits per heavy atom. The highest BCUT2D eigenvalue weighted by Crippen LogP contribution is 2.22. The van der Waals surface area contributed by atoms with Gasteiger partial charge in [-0.2, -0.15) is 5.10 Å². The van der Waals surface area contributed by atoms with Crippen molar-refractivity contribution in [2.45, 2.75) is 53.2 Å². The average molecular weight is 306 g/mol. The number of hydrogen-bond donors (Lipinski definition) is 1. The standard InChI is InChI=1S/C17H24ClN3/c1-5-15-17(18)16(21(6-2)20-15)11-19-13(4)14-9-7-12(3)8-10-14/h7-10,13,19H,5-6,11H2,1-4H3/t13-/m0/s1. The molecular weight excluding hydrogens is 282 g/mol. The monoisotopic (exact) mass is 305 g/mol. The number of halogens is 1. The summed E-state index contributed by atoms with van der Waals surface area (Å²) in [5.41, 5.74) is 4.63. The number of nitrogens with zero attached hydrogens (tertiary/aromatic N) is 2. The van der Waals surface area contributed by atoms with E-state index in [1.54, 1.807) is 0 Å². The molecule has 0 saturated carbocycles. The van der Waals surface area contributed by atoms with Gasteiger partial charge >= 0.3 is 0 Å². The number of aromatic nitrogens is 2. The van der Waals surface area contributed by atoms with Crippen LogP contribution in [0.3, 0.4) is 0 Å². The Labute approximate surface area is 132 Å². The van der Waals surface area contributed by atoms with Crippen LogP contribution in [0.25, 0.3) is 0 Å². The lowest BCUT2D eigenvalue weighted by molar-refractivity contribution is 0.530. The van der Waals surface area contributed by atoms with E-state index in [1.165, 1.54) is 11.1 Å². The minimum Gasteiger partial charge on any atom is -0.305 e. The molecule has 114 valence electrons. The lowest BCUT2D eigenvalue weighted by atomic mass is 10.1. The molecule has 1 aromatic carbocycles. The van der Waals surface area contributed by atoms with Gasteiger partial charge in [0.15, 0.2) is 0 Å². The first-order valence-electron chi connectivity index (χ1n) is 7.60. The molecule has 1 aromatic heterocycles. The van der Waals surface area contributed by atoms with Gasteiger partial charge in [0.25, 0.3) is 0 Å². The van der Waals surface area contributed by atoms with Crippen LogP contribution in [0.2, 0.25) is 5.02 Å². The Bertz CT molecular complexity index is 587. The molecule has 0 saturated heterocycles. The van der Waals surface area contributed by atoms with E-state index in [4.69, 9.17) is 11.6 Å². The molecule has 0 amide bonds. The van der Waals surface area contributed by atoms with Crippen molar-refractivity contribution in [3.05, 3.63) is 51.8 Å². The highest BCUT2D eigenvalue weighted by molar-refractivity contribution is 6.31. The zero-order valence-corrected chi connectivity index (χ0v) is 14.0. The van der Waals surface area contributed by atoms with Crippen molar-refractivity contribution >= 4 is 11.6 Å². The zero-order chi connectivity index (χ0) is 15.4. The van der Waals surface area contributed by atoms with E-state index >= 15 is 0 Å². The highest BCUT2D eigenvalue weighted by Gasteiger charge is 2.15. The molecule has 1 atom stereocenters. The van der Waals surface area contributed by atoms with Gasteiger partial charge in [0, 0.05) is 19.1 Å². The summed E-state index contributed by atoms with van der Waals surface area (Å²) in [5, 5.41) is 8.90. The summed E-state index contributed by atoms with van der Waals surface area (Å²) < 4.78 is 2.00. The second-order valence-electron chi connectivity index (χ2n) is 5.39. The van der Waals surface area contributed by atoms with Gasteiger partial charge in [0.1, 0.15) is 0 Å². The third-order valence-electron chi connectivity index (χ3n) is 3.85. The molecule has 0 bridgehead atoms. The van der Waals surface area contributed by atoms with Crippen LogP contribution in [-0.4, -0.2) is 9.78 Å². The number of benzene rings is 1. The molecule has 0 fully saturated rings. The van der Waals surface area contributed by atoms with Crippen LogP contribution in [0.15, 0.2) is 24.3 Å². The summed E-state index contributed by atoms with van der Waals surface area (Å²) in [4.78, 5) is 0. The van der Waals surface area contributed by atoms with Gasteiger partial charge in [-0.15, -0.1) is 0 Å². The molecule has 0 aliphatic carbocycles. The molecular formula is C17H24ClN3. The van der Waals surface area contributed by atoms with E-state index in [9.17, 15) is 0 Å². The molecule has 1 N–H and O–H groups in total. The van der Waals surface area contributed by atoms with Crippen molar-refractivity contribution < 1.29 is 0 Å². The van der Waals surface area contributed by atoms with Crippen molar-refractivity contribution in [2.24, 2.45) is 0 Å². The van der Waals surface area contributed by atoms with E-state index in [-0.39, 0.29) is 6.04 Å². The molecule has 0 aliphatic rings. The minimum atomic E-state index is 0.284. The Hall–Kier alpha value is -1.32. The average Bonchev–Trinajstić information content (AvgIpc) is 2.81. The van der Waals surface area contributed by atoms with Crippen LogP contribution < -0.4 is 5.32 Å². The van der Waals surface area contributed by atoms with Gasteiger partial charge in [-0.05, 0) is 32.8 Å². The maximum Gasteiger partial charge on any atom is 0.0863 e. The zero-order valence-electron chi connectivity index (χ0n) is 13.3. The normalized spacial score (nSPS) is 12.6. The molecule has 1 heterocycles. The Morgan fingerprint density at radius 1 is 1.24 bits per heavy atom. The minimum absolute atomic E-state index is 0.284. The molecule has 2 rings (SSSR count). The van der Waals surface area contributed by atoms with Crippen molar-refractivity contribution in [1.82, 2.24) is 15.1 Å². The fourth-order valence-electron chi connectivity index (χ4n) is 2.41. The van der Waals surface area contributed by atoms with Crippen LogP contribution in [0.5, 0.6) is 0 Å². The summed E-state index contributed by atoms with van der Waals surface area (Å²) in [6, 6.07) is 8.91. The van der Waals surface area contributed by atoms with Gasteiger partial charge in [0.05, 0.1) is 16.4 Å². The Balaban J connectivity index is 2.09. The van der Waals surface area contributed by atoms with Gasteiger partial charge in [0.2, 0.25) is 0 Å². The molecule has 2 aromatic rings. The van der Waals surface area contributed by atoms with E-state index in [1.807, 2.05) is 4.68 Å². The fourth-order valence-corrected chi connectivity index (χ4v) is 2.74. The van der Waals surface area contributed by atoms with E-state index < -0.39 is 0 Å². The number of nitrogens with one attached hydrogen (secondary N) is 1. The van der Waals surface area contributed by atoms with Crippen LogP contribution in [0.1, 0.15) is 49.3 Å². The van der Waals surface area contributed by atoms with Crippen molar-refractivity contribution in [2.75, 3.05) is 0 Å². The summed E-state index contributed by atoms with van der Waals surface area (Å²) >= 11 is 6.44. The third-order valence-corrected chi connectivity index (χ3v) is 4.28. The van der Waals surface area contributed by atoms with E-state index in [2.05, 4.69) is 62.4 Å². The van der Waals surface area contributed by atoms with Gasteiger partial charge in [-0.1, -0.05) is 48.4 Å². The second kappa shape index (κ2) is 7.10. The quantitative estimate of drug-likeness (QED) is 0.863. The van der Waals surface area contributed by atoms with Crippen LogP contribution in [0, 0.1) is 6.92 Å². The van der Waals surface area contributed by atoms with Crippen LogP contribution >= 0.6 is 11.6 Å². The number of hydrogen-bond acceptors (Lipinski definition) is 2. The molecule has 21 heavy (non-hydrogen) atoms. The van der Waals surface area contributed by atoms with E-state index in [0.29, 0.717) is 0 Å². The predicted molar refractivity (Wildman–Crippen MR) is 88.7 cm³/mol. The lowest BCUT2D eigenvalue weighted by Gasteiger charge is -2.15. The van der Waals surface area contributed by atoms with Gasteiger partial charge < -0.3 is 5.32 Å². The SMILES string of the molecule is CCc1nn(CC)c(CN[C@@H](C)c2ccc(C)cc2)c1Cl. The first-order chi connectivity index (χ1) is 10.1. The van der Waals surface area contributed by atoms with Crippen molar-refractivity contribution in [3.63, 3.8) is 0 Å². The van der Waals surface area contributed by atoms with Crippen LogP contribution in [-0.2, 0) is 19.5 Å². The predicted octanol–water partition coefficient (Wildman–Crippen LogP) is 4.28. The fraction of sp³-hybridized carbons (Fsp3) is 0.471. The molecule has 4 heteroatoms. The molecule has 3 nitrogen and oxygen atoms in total. The summed E-state index contributed by atoms with van der Waals surface area (Å²) in [5.74, 6) is 0. The van der Waals surface area contributed by atoms with Crippen LogP contribution in [0.4, 0.5) is 0 Å². The maximum atomic E-state index is 6.44. The first-order valence-corrected chi connectivity index (χ1v) is 7.98. The molecule has 0 spiro atoms. The second-order valence-corrected chi connectivity index (χ2v) is 5.77. The van der Waals surface area contributed by atoms with Gasteiger partial charge in [-0.3, -0.25) is 4.68 Å². The highest BCUT2D eigenvalue weighted by atomic mass is 35.5. The largest absolute Gasteiger partial charge is 0.305 e.